The number of carboxylic acids is 1. The van der Waals surface area contributed by atoms with Gasteiger partial charge in [-0.3, -0.25) is 9.59 Å². The lowest BCUT2D eigenvalue weighted by molar-refractivity contribution is -0.137. The summed E-state index contributed by atoms with van der Waals surface area (Å²) in [6.07, 6.45) is 5.30. The summed E-state index contributed by atoms with van der Waals surface area (Å²) in [6, 6.07) is 3.27. The van der Waals surface area contributed by atoms with Crippen LogP contribution < -0.4 is 5.32 Å². The first-order valence-electron chi connectivity index (χ1n) is 6.98. The van der Waals surface area contributed by atoms with Gasteiger partial charge in [0, 0.05) is 17.9 Å². The van der Waals surface area contributed by atoms with Gasteiger partial charge < -0.3 is 10.4 Å². The molecule has 0 unspecified atom stereocenters. The number of benzene rings is 1. The predicted octanol–water partition coefficient (Wildman–Crippen LogP) is 4.48. The Balaban J connectivity index is 2.38. The molecule has 122 valence electrons. The van der Waals surface area contributed by atoms with E-state index in [1.165, 1.54) is 11.8 Å². The normalized spacial score (nSPS) is 10.5. The molecule has 0 heterocycles. The molecular formula is C15H19Cl2NO3S. The van der Waals surface area contributed by atoms with Crippen LogP contribution in [-0.4, -0.2) is 29.8 Å². The van der Waals surface area contributed by atoms with Crippen molar-refractivity contribution in [2.24, 2.45) is 0 Å². The first-order chi connectivity index (χ1) is 10.5. The van der Waals surface area contributed by atoms with Crippen LogP contribution in [0.4, 0.5) is 0 Å². The van der Waals surface area contributed by atoms with E-state index in [9.17, 15) is 9.59 Å². The Morgan fingerprint density at radius 3 is 2.45 bits per heavy atom. The molecule has 1 rings (SSSR count). The number of aliphatic carboxylic acids is 1. The maximum atomic E-state index is 12.1. The number of carbonyl (C=O) groups excluding carboxylic acids is 1. The number of hydrogen-bond acceptors (Lipinski definition) is 3. The van der Waals surface area contributed by atoms with E-state index in [4.69, 9.17) is 28.3 Å². The Hall–Kier alpha value is -0.910. The molecule has 0 saturated heterocycles. The number of thioether (sulfide) groups is 1. The van der Waals surface area contributed by atoms with Gasteiger partial charge in [-0.05, 0) is 31.2 Å². The summed E-state index contributed by atoms with van der Waals surface area (Å²) in [7, 11) is 0. The molecule has 0 bridgehead atoms. The van der Waals surface area contributed by atoms with Crippen LogP contribution in [0.5, 0.6) is 0 Å². The molecule has 2 N–H and O–H groups in total. The van der Waals surface area contributed by atoms with E-state index in [0.717, 1.165) is 24.2 Å². The number of amides is 1. The fourth-order valence-electron chi connectivity index (χ4n) is 1.91. The van der Waals surface area contributed by atoms with E-state index in [2.05, 4.69) is 5.32 Å². The van der Waals surface area contributed by atoms with Crippen LogP contribution in [-0.2, 0) is 4.79 Å². The fraction of sp³-hybridized carbons (Fsp3) is 0.467. The molecule has 0 atom stereocenters. The minimum Gasteiger partial charge on any atom is -0.481 e. The second kappa shape index (κ2) is 9.98. The average Bonchev–Trinajstić information content (AvgIpc) is 2.45. The summed E-state index contributed by atoms with van der Waals surface area (Å²) in [5.74, 6) is -0.988. The van der Waals surface area contributed by atoms with Crippen molar-refractivity contribution in [3.05, 3.63) is 27.7 Å². The summed E-state index contributed by atoms with van der Waals surface area (Å²) in [4.78, 5) is 23.3. The SMILES string of the molecule is CSc1cc(C(=O)NCCCCCCC(=O)O)c(Cl)cc1Cl. The largest absolute Gasteiger partial charge is 0.481 e. The Morgan fingerprint density at radius 1 is 1.14 bits per heavy atom. The zero-order chi connectivity index (χ0) is 16.5. The van der Waals surface area contributed by atoms with E-state index in [0.29, 0.717) is 28.6 Å². The van der Waals surface area contributed by atoms with Gasteiger partial charge in [-0.1, -0.05) is 36.0 Å². The quantitative estimate of drug-likeness (QED) is 0.501. The van der Waals surface area contributed by atoms with Gasteiger partial charge >= 0.3 is 5.97 Å². The molecule has 0 radical (unpaired) electrons. The van der Waals surface area contributed by atoms with Crippen molar-refractivity contribution in [1.82, 2.24) is 5.32 Å². The Morgan fingerprint density at radius 2 is 1.82 bits per heavy atom. The third-order valence-electron chi connectivity index (χ3n) is 3.09. The molecule has 0 saturated carbocycles. The summed E-state index contributed by atoms with van der Waals surface area (Å²) < 4.78 is 0. The topological polar surface area (TPSA) is 66.4 Å². The second-order valence-corrected chi connectivity index (χ2v) is 6.44. The molecule has 0 fully saturated rings. The van der Waals surface area contributed by atoms with Gasteiger partial charge in [-0.15, -0.1) is 11.8 Å². The Kier molecular flexibility index (Phi) is 8.68. The van der Waals surface area contributed by atoms with Gasteiger partial charge in [0.25, 0.3) is 5.91 Å². The van der Waals surface area contributed by atoms with E-state index < -0.39 is 5.97 Å². The van der Waals surface area contributed by atoms with Crippen LogP contribution in [0, 0.1) is 0 Å². The van der Waals surface area contributed by atoms with Crippen molar-refractivity contribution in [3.63, 3.8) is 0 Å². The summed E-state index contributed by atoms with van der Waals surface area (Å²) in [5, 5.41) is 12.2. The number of nitrogens with one attached hydrogen (secondary N) is 1. The number of carboxylic acid groups (broad SMARTS) is 1. The van der Waals surface area contributed by atoms with Crippen LogP contribution in [0.3, 0.4) is 0 Å². The number of halogens is 2. The van der Waals surface area contributed by atoms with Crippen LogP contribution in [0.15, 0.2) is 17.0 Å². The minimum atomic E-state index is -0.768. The highest BCUT2D eigenvalue weighted by Gasteiger charge is 2.13. The Labute approximate surface area is 144 Å². The molecule has 1 aromatic carbocycles. The summed E-state index contributed by atoms with van der Waals surface area (Å²) in [5.41, 5.74) is 0.418. The number of carbonyl (C=O) groups is 2. The van der Waals surface area contributed by atoms with Crippen LogP contribution >= 0.6 is 35.0 Å². The second-order valence-electron chi connectivity index (χ2n) is 4.78. The lowest BCUT2D eigenvalue weighted by Crippen LogP contribution is -2.24. The number of unbranched alkanes of at least 4 members (excludes halogenated alkanes) is 3. The third-order valence-corrected chi connectivity index (χ3v) is 4.60. The van der Waals surface area contributed by atoms with Gasteiger partial charge in [-0.25, -0.2) is 0 Å². The van der Waals surface area contributed by atoms with Crippen LogP contribution in [0.25, 0.3) is 0 Å². The minimum absolute atomic E-state index is 0.199. The zero-order valence-corrected chi connectivity index (χ0v) is 14.7. The van der Waals surface area contributed by atoms with Crippen molar-refractivity contribution in [1.29, 1.82) is 0 Å². The van der Waals surface area contributed by atoms with Crippen molar-refractivity contribution >= 4 is 46.8 Å². The molecule has 7 heteroatoms. The molecule has 0 aliphatic rings. The van der Waals surface area contributed by atoms with Crippen LogP contribution in [0.1, 0.15) is 42.5 Å². The molecule has 0 aliphatic carbocycles. The third kappa shape index (κ3) is 6.46. The molecular weight excluding hydrogens is 345 g/mol. The smallest absolute Gasteiger partial charge is 0.303 e. The molecule has 4 nitrogen and oxygen atoms in total. The maximum Gasteiger partial charge on any atom is 0.303 e. The zero-order valence-electron chi connectivity index (χ0n) is 12.3. The van der Waals surface area contributed by atoms with Crippen molar-refractivity contribution in [2.45, 2.75) is 37.0 Å². The fourth-order valence-corrected chi connectivity index (χ4v) is 3.10. The van der Waals surface area contributed by atoms with E-state index in [1.807, 2.05) is 6.26 Å². The monoisotopic (exact) mass is 363 g/mol. The van der Waals surface area contributed by atoms with Crippen molar-refractivity contribution < 1.29 is 14.7 Å². The van der Waals surface area contributed by atoms with Crippen molar-refractivity contribution in [2.75, 3.05) is 12.8 Å². The van der Waals surface area contributed by atoms with Crippen LogP contribution in [0.2, 0.25) is 10.0 Å². The highest BCUT2D eigenvalue weighted by atomic mass is 35.5. The maximum absolute atomic E-state index is 12.1. The van der Waals surface area contributed by atoms with Crippen molar-refractivity contribution in [3.8, 4) is 0 Å². The highest BCUT2D eigenvalue weighted by Crippen LogP contribution is 2.31. The van der Waals surface area contributed by atoms with Gasteiger partial charge in [0.15, 0.2) is 0 Å². The predicted molar refractivity (Wildman–Crippen MR) is 91.3 cm³/mol. The highest BCUT2D eigenvalue weighted by molar-refractivity contribution is 7.98. The van der Waals surface area contributed by atoms with Gasteiger partial charge in [0.1, 0.15) is 0 Å². The lowest BCUT2D eigenvalue weighted by atomic mass is 10.1. The van der Waals surface area contributed by atoms with E-state index in [-0.39, 0.29) is 12.3 Å². The molecule has 1 amide bonds. The summed E-state index contributed by atoms with van der Waals surface area (Å²) in [6.45, 7) is 0.541. The number of hydrogen-bond donors (Lipinski definition) is 2. The van der Waals surface area contributed by atoms with E-state index >= 15 is 0 Å². The molecule has 22 heavy (non-hydrogen) atoms. The molecule has 0 spiro atoms. The molecule has 1 aromatic rings. The number of rotatable bonds is 9. The standard InChI is InChI=1S/C15H19Cl2NO3S/c1-22-13-8-10(11(16)9-12(13)17)15(21)18-7-5-3-2-4-6-14(19)20/h8-9H,2-7H2,1H3,(H,18,21)(H,19,20). The van der Waals surface area contributed by atoms with Gasteiger partial charge in [0.2, 0.25) is 0 Å². The van der Waals surface area contributed by atoms with Gasteiger partial charge in [-0.2, -0.15) is 0 Å². The average molecular weight is 364 g/mol. The first kappa shape index (κ1) is 19.1. The molecule has 0 aromatic heterocycles. The first-order valence-corrected chi connectivity index (χ1v) is 8.96. The summed E-state index contributed by atoms with van der Waals surface area (Å²) >= 11 is 13.5. The van der Waals surface area contributed by atoms with Gasteiger partial charge in [0.05, 0.1) is 15.6 Å². The molecule has 0 aliphatic heterocycles. The lowest BCUT2D eigenvalue weighted by Gasteiger charge is -2.09. The Bertz CT molecular complexity index is 538. The van der Waals surface area contributed by atoms with E-state index in [1.54, 1.807) is 12.1 Å².